The van der Waals surface area contributed by atoms with E-state index in [0.29, 0.717) is 0 Å². The van der Waals surface area contributed by atoms with Crippen LogP contribution in [0.5, 0.6) is 0 Å². The van der Waals surface area contributed by atoms with Gasteiger partial charge in [-0.25, -0.2) is 4.79 Å². The van der Waals surface area contributed by atoms with Gasteiger partial charge >= 0.3 is 12.3 Å². The number of halogens is 3. The van der Waals surface area contributed by atoms with Crippen molar-refractivity contribution in [3.63, 3.8) is 0 Å². The van der Waals surface area contributed by atoms with Crippen LogP contribution in [0.4, 0.5) is 23.7 Å². The molecule has 0 spiro atoms. The highest BCUT2D eigenvalue weighted by molar-refractivity contribution is 5.95. The van der Waals surface area contributed by atoms with Crippen LogP contribution in [0.25, 0.3) is 0 Å². The zero-order valence-electron chi connectivity index (χ0n) is 14.9. The van der Waals surface area contributed by atoms with Crippen LogP contribution in [0.1, 0.15) is 36.7 Å². The van der Waals surface area contributed by atoms with Gasteiger partial charge in [-0.15, -0.1) is 0 Å². The van der Waals surface area contributed by atoms with Crippen molar-refractivity contribution >= 4 is 17.7 Å². The van der Waals surface area contributed by atoms with E-state index in [9.17, 15) is 22.8 Å². The number of benzene rings is 1. The molecule has 0 bridgehead atoms. The first-order valence-electron chi connectivity index (χ1n) is 8.12. The minimum Gasteiger partial charge on any atom is -0.444 e. The average Bonchev–Trinajstić information content (AvgIpc) is 2.51. The van der Waals surface area contributed by atoms with Gasteiger partial charge in [-0.2, -0.15) is 13.2 Å². The Hall–Kier alpha value is -2.45. The van der Waals surface area contributed by atoms with Gasteiger partial charge < -0.3 is 20.3 Å². The first-order chi connectivity index (χ1) is 11.9. The molecule has 0 radical (unpaired) electrons. The highest BCUT2D eigenvalue weighted by atomic mass is 19.4. The molecule has 1 aliphatic rings. The fraction of sp³-hybridized carbons (Fsp3) is 0.529. The van der Waals surface area contributed by atoms with Crippen molar-refractivity contribution in [1.29, 1.82) is 0 Å². The molecule has 144 valence electrons. The molecule has 2 amide bonds. The number of hydrogen-bond donors (Lipinski definition) is 1. The summed E-state index contributed by atoms with van der Waals surface area (Å²) in [6, 6.07) is 2.80. The zero-order valence-corrected chi connectivity index (χ0v) is 14.9. The number of nitrogen functional groups attached to an aromatic ring is 1. The van der Waals surface area contributed by atoms with Gasteiger partial charge in [0.25, 0.3) is 5.91 Å². The molecule has 6 nitrogen and oxygen atoms in total. The Morgan fingerprint density at radius 2 is 1.54 bits per heavy atom. The van der Waals surface area contributed by atoms with Crippen LogP contribution < -0.4 is 5.73 Å². The summed E-state index contributed by atoms with van der Waals surface area (Å²) in [6.45, 7) is 6.15. The highest BCUT2D eigenvalue weighted by Crippen LogP contribution is 2.31. The summed E-state index contributed by atoms with van der Waals surface area (Å²) in [5, 5.41) is 0. The minimum atomic E-state index is -4.58. The van der Waals surface area contributed by atoms with Crippen LogP contribution in [-0.4, -0.2) is 53.6 Å². The second-order valence-corrected chi connectivity index (χ2v) is 7.10. The Morgan fingerprint density at radius 3 is 2.04 bits per heavy atom. The number of carbonyl (C=O) groups is 2. The van der Waals surface area contributed by atoms with Crippen molar-refractivity contribution in [2.24, 2.45) is 0 Å². The van der Waals surface area contributed by atoms with Gasteiger partial charge in [0, 0.05) is 37.4 Å². The van der Waals surface area contributed by atoms with Gasteiger partial charge in [0.05, 0.1) is 5.56 Å². The van der Waals surface area contributed by atoms with Gasteiger partial charge in [-0.1, -0.05) is 0 Å². The molecule has 1 aromatic carbocycles. The van der Waals surface area contributed by atoms with E-state index in [2.05, 4.69) is 0 Å². The molecule has 1 fully saturated rings. The van der Waals surface area contributed by atoms with E-state index in [1.165, 1.54) is 15.9 Å². The molecule has 0 unspecified atom stereocenters. The van der Waals surface area contributed by atoms with E-state index in [1.807, 2.05) is 0 Å². The molecule has 26 heavy (non-hydrogen) atoms. The van der Waals surface area contributed by atoms with Crippen LogP contribution in [0, 0.1) is 0 Å². The molecule has 0 saturated carbocycles. The molecule has 1 aliphatic heterocycles. The maximum atomic E-state index is 12.9. The van der Waals surface area contributed by atoms with E-state index in [4.69, 9.17) is 10.5 Å². The average molecular weight is 373 g/mol. The second kappa shape index (κ2) is 7.05. The van der Waals surface area contributed by atoms with E-state index < -0.39 is 29.3 Å². The Balaban J connectivity index is 2.05. The third-order valence-corrected chi connectivity index (χ3v) is 3.75. The molecule has 0 aromatic heterocycles. The monoisotopic (exact) mass is 373 g/mol. The van der Waals surface area contributed by atoms with Crippen molar-refractivity contribution < 1.29 is 27.5 Å². The highest BCUT2D eigenvalue weighted by Gasteiger charge is 2.33. The van der Waals surface area contributed by atoms with Crippen molar-refractivity contribution in [3.05, 3.63) is 29.3 Å². The summed E-state index contributed by atoms with van der Waals surface area (Å²) in [5.74, 6) is -0.549. The molecular weight excluding hydrogens is 351 g/mol. The first kappa shape index (κ1) is 19.9. The largest absolute Gasteiger partial charge is 0.444 e. The zero-order chi connectivity index (χ0) is 19.7. The first-order valence-corrected chi connectivity index (χ1v) is 8.12. The number of nitrogens with two attached hydrogens (primary N) is 1. The lowest BCUT2D eigenvalue weighted by Gasteiger charge is -2.35. The van der Waals surface area contributed by atoms with Gasteiger partial charge in [0.2, 0.25) is 0 Å². The van der Waals surface area contributed by atoms with E-state index in [0.717, 1.165) is 12.1 Å². The SMILES string of the molecule is CC(C)(C)OC(=O)N1CCN(C(=O)c2cc(N)cc(C(F)(F)F)c2)CC1. The number of hydrogen-bond acceptors (Lipinski definition) is 4. The molecule has 0 aliphatic carbocycles. The Bertz CT molecular complexity index is 691. The maximum Gasteiger partial charge on any atom is 0.416 e. The Morgan fingerprint density at radius 1 is 1.00 bits per heavy atom. The normalized spacial score (nSPS) is 15.8. The molecule has 1 aromatic rings. The standard InChI is InChI=1S/C17H22F3N3O3/c1-16(2,3)26-15(25)23-6-4-22(5-7-23)14(24)11-8-12(17(18,19)20)10-13(21)9-11/h8-10H,4-7,21H2,1-3H3. The van der Waals surface area contributed by atoms with Crippen LogP contribution in [0.3, 0.4) is 0 Å². The number of amides is 2. The topological polar surface area (TPSA) is 75.9 Å². The van der Waals surface area contributed by atoms with E-state index in [1.54, 1.807) is 20.8 Å². The molecule has 9 heteroatoms. The van der Waals surface area contributed by atoms with E-state index >= 15 is 0 Å². The molecule has 2 N–H and O–H groups in total. The number of rotatable bonds is 1. The van der Waals surface area contributed by atoms with E-state index in [-0.39, 0.29) is 37.4 Å². The third kappa shape index (κ3) is 5.03. The van der Waals surface area contributed by atoms with Crippen LogP contribution in [-0.2, 0) is 10.9 Å². The summed E-state index contributed by atoms with van der Waals surface area (Å²) in [6.07, 6.45) is -5.06. The molecular formula is C17H22F3N3O3. The predicted octanol–water partition coefficient (Wildman–Crippen LogP) is 2.98. The third-order valence-electron chi connectivity index (χ3n) is 3.75. The summed E-state index contributed by atoms with van der Waals surface area (Å²) in [7, 11) is 0. The molecule has 0 atom stereocenters. The summed E-state index contributed by atoms with van der Waals surface area (Å²) in [5.41, 5.74) is 3.66. The number of piperazine rings is 1. The quantitative estimate of drug-likeness (QED) is 0.768. The fourth-order valence-electron chi connectivity index (χ4n) is 2.54. The lowest BCUT2D eigenvalue weighted by atomic mass is 10.1. The van der Waals surface area contributed by atoms with Crippen molar-refractivity contribution in [3.8, 4) is 0 Å². The lowest BCUT2D eigenvalue weighted by molar-refractivity contribution is -0.137. The lowest BCUT2D eigenvalue weighted by Crippen LogP contribution is -2.51. The van der Waals surface area contributed by atoms with Crippen LogP contribution in [0.2, 0.25) is 0 Å². The van der Waals surface area contributed by atoms with Gasteiger partial charge in [-0.3, -0.25) is 4.79 Å². The Labute approximate surface area is 149 Å². The van der Waals surface area contributed by atoms with Gasteiger partial charge in [0.15, 0.2) is 0 Å². The number of carbonyl (C=O) groups excluding carboxylic acids is 2. The summed E-state index contributed by atoms with van der Waals surface area (Å²) < 4.78 is 43.9. The van der Waals surface area contributed by atoms with Gasteiger partial charge in [-0.05, 0) is 39.0 Å². The fourth-order valence-corrected chi connectivity index (χ4v) is 2.54. The number of nitrogens with zero attached hydrogens (tertiary/aromatic N) is 2. The smallest absolute Gasteiger partial charge is 0.416 e. The number of anilines is 1. The van der Waals surface area contributed by atoms with Crippen molar-refractivity contribution in [2.45, 2.75) is 32.5 Å². The number of ether oxygens (including phenoxy) is 1. The second-order valence-electron chi connectivity index (χ2n) is 7.10. The van der Waals surface area contributed by atoms with Crippen molar-refractivity contribution in [2.75, 3.05) is 31.9 Å². The summed E-state index contributed by atoms with van der Waals surface area (Å²) in [4.78, 5) is 27.4. The molecule has 1 heterocycles. The predicted molar refractivity (Wildman–Crippen MR) is 89.6 cm³/mol. The summed E-state index contributed by atoms with van der Waals surface area (Å²) >= 11 is 0. The van der Waals surface area contributed by atoms with Crippen LogP contribution in [0.15, 0.2) is 18.2 Å². The Kier molecular flexibility index (Phi) is 5.39. The molecule has 1 saturated heterocycles. The molecule has 2 rings (SSSR count). The van der Waals surface area contributed by atoms with Crippen molar-refractivity contribution in [1.82, 2.24) is 9.80 Å². The maximum absolute atomic E-state index is 12.9. The van der Waals surface area contributed by atoms with Crippen LogP contribution >= 0.6 is 0 Å². The number of alkyl halides is 3. The van der Waals surface area contributed by atoms with Gasteiger partial charge in [0.1, 0.15) is 5.60 Å². The minimum absolute atomic E-state index is 0.122.